The lowest BCUT2D eigenvalue weighted by molar-refractivity contribution is -0.135. The predicted molar refractivity (Wildman–Crippen MR) is 75.3 cm³/mol. The van der Waals surface area contributed by atoms with E-state index in [4.69, 9.17) is 5.73 Å². The van der Waals surface area contributed by atoms with Crippen molar-refractivity contribution in [3.8, 4) is 0 Å². The molecule has 0 saturated carbocycles. The van der Waals surface area contributed by atoms with Crippen LogP contribution in [0.3, 0.4) is 0 Å². The molecule has 1 unspecified atom stereocenters. The van der Waals surface area contributed by atoms with E-state index in [1.807, 2.05) is 11.9 Å². The van der Waals surface area contributed by atoms with Gasteiger partial charge in [-0.2, -0.15) is 0 Å². The molecule has 0 aliphatic carbocycles. The standard InChI is InChI=1S/C14H29N3O/c1-5-11(3)13(15)14(18)16(4)12-7-9-17(6-2)10-8-12/h11-13H,5-10,15H2,1-4H3/t11?,13-/m0/s1. The number of nitrogens with zero attached hydrogens (tertiary/aromatic N) is 2. The molecule has 18 heavy (non-hydrogen) atoms. The Bertz CT molecular complexity index is 262. The van der Waals surface area contributed by atoms with Crippen molar-refractivity contribution in [2.24, 2.45) is 11.7 Å². The zero-order valence-electron chi connectivity index (χ0n) is 12.4. The number of nitrogens with two attached hydrogens (primary N) is 1. The lowest BCUT2D eigenvalue weighted by Crippen LogP contribution is -2.52. The third-order valence-electron chi connectivity index (χ3n) is 4.44. The molecule has 0 aromatic heterocycles. The molecular formula is C14H29N3O. The van der Waals surface area contributed by atoms with Crippen LogP contribution in [0.4, 0.5) is 0 Å². The Balaban J connectivity index is 2.49. The summed E-state index contributed by atoms with van der Waals surface area (Å²) in [6, 6.07) is 0.0274. The molecule has 1 aliphatic heterocycles. The largest absolute Gasteiger partial charge is 0.341 e. The maximum atomic E-state index is 12.3. The highest BCUT2D eigenvalue weighted by Crippen LogP contribution is 2.17. The number of hydrogen-bond acceptors (Lipinski definition) is 3. The Morgan fingerprint density at radius 3 is 2.39 bits per heavy atom. The van der Waals surface area contributed by atoms with Crippen molar-refractivity contribution >= 4 is 5.91 Å². The van der Waals surface area contributed by atoms with E-state index < -0.39 is 0 Å². The van der Waals surface area contributed by atoms with E-state index in [1.54, 1.807) is 0 Å². The van der Waals surface area contributed by atoms with Crippen LogP contribution in [0.25, 0.3) is 0 Å². The van der Waals surface area contributed by atoms with Crippen LogP contribution < -0.4 is 5.73 Å². The van der Waals surface area contributed by atoms with Crippen molar-refractivity contribution in [3.63, 3.8) is 0 Å². The minimum Gasteiger partial charge on any atom is -0.341 e. The normalized spacial score (nSPS) is 21.6. The highest BCUT2D eigenvalue weighted by molar-refractivity contribution is 5.82. The van der Waals surface area contributed by atoms with E-state index in [2.05, 4.69) is 25.7 Å². The quantitative estimate of drug-likeness (QED) is 0.805. The zero-order chi connectivity index (χ0) is 13.7. The molecular weight excluding hydrogens is 226 g/mol. The summed E-state index contributed by atoms with van der Waals surface area (Å²) in [6.45, 7) is 9.62. The summed E-state index contributed by atoms with van der Waals surface area (Å²) in [6.07, 6.45) is 3.10. The van der Waals surface area contributed by atoms with Gasteiger partial charge in [0.1, 0.15) is 0 Å². The van der Waals surface area contributed by atoms with E-state index >= 15 is 0 Å². The van der Waals surface area contributed by atoms with Gasteiger partial charge in [-0.3, -0.25) is 4.79 Å². The van der Waals surface area contributed by atoms with Gasteiger partial charge in [0, 0.05) is 26.2 Å². The average molecular weight is 255 g/mol. The molecule has 1 saturated heterocycles. The first kappa shape index (κ1) is 15.4. The number of carbonyl (C=O) groups excluding carboxylic acids is 1. The van der Waals surface area contributed by atoms with Gasteiger partial charge in [-0.25, -0.2) is 0 Å². The average Bonchev–Trinajstić information content (AvgIpc) is 2.44. The van der Waals surface area contributed by atoms with E-state index in [9.17, 15) is 4.79 Å². The van der Waals surface area contributed by atoms with Crippen LogP contribution in [0.15, 0.2) is 0 Å². The van der Waals surface area contributed by atoms with Crippen molar-refractivity contribution in [1.82, 2.24) is 9.80 Å². The number of amides is 1. The van der Waals surface area contributed by atoms with Crippen molar-refractivity contribution in [2.45, 2.75) is 52.1 Å². The van der Waals surface area contributed by atoms with Crippen LogP contribution in [0.2, 0.25) is 0 Å². The summed E-state index contributed by atoms with van der Waals surface area (Å²) in [5.41, 5.74) is 6.03. The third-order valence-corrected chi connectivity index (χ3v) is 4.44. The predicted octanol–water partition coefficient (Wildman–Crippen LogP) is 1.30. The molecule has 106 valence electrons. The van der Waals surface area contributed by atoms with Gasteiger partial charge in [0.05, 0.1) is 6.04 Å². The van der Waals surface area contributed by atoms with Gasteiger partial charge in [-0.05, 0) is 25.3 Å². The Labute approximate surface area is 111 Å². The molecule has 1 amide bonds. The fraction of sp³-hybridized carbons (Fsp3) is 0.929. The molecule has 1 aliphatic rings. The van der Waals surface area contributed by atoms with E-state index in [0.717, 1.165) is 38.9 Å². The number of carbonyl (C=O) groups is 1. The molecule has 0 radical (unpaired) electrons. The zero-order valence-corrected chi connectivity index (χ0v) is 12.4. The second-order valence-corrected chi connectivity index (χ2v) is 5.53. The summed E-state index contributed by atoms with van der Waals surface area (Å²) in [7, 11) is 1.91. The molecule has 1 rings (SSSR count). The van der Waals surface area contributed by atoms with Gasteiger partial charge < -0.3 is 15.5 Å². The second-order valence-electron chi connectivity index (χ2n) is 5.53. The summed E-state index contributed by atoms with van der Waals surface area (Å²) in [5, 5.41) is 0. The highest BCUT2D eigenvalue weighted by Gasteiger charge is 2.29. The van der Waals surface area contributed by atoms with Crippen LogP contribution in [0.5, 0.6) is 0 Å². The minimum atomic E-state index is -0.343. The van der Waals surface area contributed by atoms with Gasteiger partial charge in [-0.15, -0.1) is 0 Å². The van der Waals surface area contributed by atoms with Gasteiger partial charge in [0.15, 0.2) is 0 Å². The second kappa shape index (κ2) is 7.10. The smallest absolute Gasteiger partial charge is 0.239 e. The van der Waals surface area contributed by atoms with Crippen molar-refractivity contribution in [2.75, 3.05) is 26.7 Å². The SMILES string of the molecule is CCC(C)[C@H](N)C(=O)N(C)C1CCN(CC)CC1. The van der Waals surface area contributed by atoms with Gasteiger partial charge >= 0.3 is 0 Å². The maximum absolute atomic E-state index is 12.3. The summed E-state index contributed by atoms with van der Waals surface area (Å²) < 4.78 is 0. The van der Waals surface area contributed by atoms with Gasteiger partial charge in [-0.1, -0.05) is 27.2 Å². The molecule has 4 heteroatoms. The minimum absolute atomic E-state index is 0.110. The third kappa shape index (κ3) is 3.69. The number of piperidine rings is 1. The van der Waals surface area contributed by atoms with Crippen LogP contribution in [0.1, 0.15) is 40.0 Å². The summed E-state index contributed by atoms with van der Waals surface area (Å²) >= 11 is 0. The molecule has 0 aromatic carbocycles. The number of hydrogen-bond donors (Lipinski definition) is 1. The van der Waals surface area contributed by atoms with E-state index in [1.165, 1.54) is 0 Å². The fourth-order valence-electron chi connectivity index (χ4n) is 2.54. The number of likely N-dealkylation sites (tertiary alicyclic amines) is 1. The monoisotopic (exact) mass is 255 g/mol. The Morgan fingerprint density at radius 2 is 1.94 bits per heavy atom. The summed E-state index contributed by atoms with van der Waals surface area (Å²) in [4.78, 5) is 16.6. The molecule has 1 fully saturated rings. The van der Waals surface area contributed by atoms with Crippen LogP contribution in [-0.4, -0.2) is 54.5 Å². The van der Waals surface area contributed by atoms with Gasteiger partial charge in [0.2, 0.25) is 5.91 Å². The molecule has 0 aromatic rings. The number of likely N-dealkylation sites (N-methyl/N-ethyl adjacent to an activating group) is 1. The Morgan fingerprint density at radius 1 is 1.39 bits per heavy atom. The first-order valence-corrected chi connectivity index (χ1v) is 7.25. The first-order chi connectivity index (χ1) is 8.51. The highest BCUT2D eigenvalue weighted by atomic mass is 16.2. The molecule has 1 heterocycles. The van der Waals surface area contributed by atoms with Crippen molar-refractivity contribution < 1.29 is 4.79 Å². The maximum Gasteiger partial charge on any atom is 0.239 e. The topological polar surface area (TPSA) is 49.6 Å². The molecule has 2 N–H and O–H groups in total. The van der Waals surface area contributed by atoms with E-state index in [0.29, 0.717) is 6.04 Å². The van der Waals surface area contributed by atoms with Crippen LogP contribution in [-0.2, 0) is 4.79 Å². The Hall–Kier alpha value is -0.610. The number of rotatable bonds is 5. The molecule has 2 atom stereocenters. The first-order valence-electron chi connectivity index (χ1n) is 7.25. The Kier molecular flexibility index (Phi) is 6.09. The molecule has 0 spiro atoms. The summed E-state index contributed by atoms with van der Waals surface area (Å²) in [5.74, 6) is 0.370. The molecule has 0 bridgehead atoms. The van der Waals surface area contributed by atoms with Gasteiger partial charge in [0.25, 0.3) is 0 Å². The molecule has 4 nitrogen and oxygen atoms in total. The lowest BCUT2D eigenvalue weighted by atomic mass is 9.97. The van der Waals surface area contributed by atoms with Crippen LogP contribution in [0, 0.1) is 5.92 Å². The van der Waals surface area contributed by atoms with Crippen molar-refractivity contribution in [3.05, 3.63) is 0 Å². The van der Waals surface area contributed by atoms with E-state index in [-0.39, 0.29) is 17.9 Å². The van der Waals surface area contributed by atoms with Crippen LogP contribution >= 0.6 is 0 Å². The lowest BCUT2D eigenvalue weighted by Gasteiger charge is -2.37. The fourth-order valence-corrected chi connectivity index (χ4v) is 2.54. The van der Waals surface area contributed by atoms with Crippen molar-refractivity contribution in [1.29, 1.82) is 0 Å².